The molecule has 0 spiro atoms. The molecule has 1 heterocycles. The highest BCUT2D eigenvalue weighted by Gasteiger charge is 2.48. The number of hydrogen-bond acceptors (Lipinski definition) is 2. The molecule has 1 aliphatic heterocycles. The number of piperazine rings is 1. The Labute approximate surface area is 115 Å². The Morgan fingerprint density at radius 1 is 1.26 bits per heavy atom. The maximum Gasteiger partial charge on any atom is 0.246 e. The van der Waals surface area contributed by atoms with Gasteiger partial charge in [-0.3, -0.25) is 9.59 Å². The van der Waals surface area contributed by atoms with Gasteiger partial charge in [0.25, 0.3) is 0 Å². The van der Waals surface area contributed by atoms with E-state index in [-0.39, 0.29) is 29.8 Å². The number of carbonyl (C=O) groups is 2. The fourth-order valence-electron chi connectivity index (χ4n) is 2.86. The minimum atomic E-state index is -0.328. The van der Waals surface area contributed by atoms with Gasteiger partial charge in [0.1, 0.15) is 12.1 Å². The molecule has 3 unspecified atom stereocenters. The second-order valence-corrected chi connectivity index (χ2v) is 6.54. The first-order chi connectivity index (χ1) is 8.95. The van der Waals surface area contributed by atoms with E-state index in [0.717, 1.165) is 19.3 Å². The van der Waals surface area contributed by atoms with Crippen LogP contribution in [0.5, 0.6) is 0 Å². The third kappa shape index (κ3) is 2.93. The summed E-state index contributed by atoms with van der Waals surface area (Å²) < 4.78 is 0. The van der Waals surface area contributed by atoms with Gasteiger partial charge in [-0.15, -0.1) is 0 Å². The number of hydrogen-bond donors (Lipinski definition) is 1. The third-order valence-corrected chi connectivity index (χ3v) is 4.29. The zero-order valence-electron chi connectivity index (χ0n) is 12.5. The first kappa shape index (κ1) is 14.4. The van der Waals surface area contributed by atoms with Crippen LogP contribution in [0.15, 0.2) is 0 Å². The first-order valence-corrected chi connectivity index (χ1v) is 7.56. The summed E-state index contributed by atoms with van der Waals surface area (Å²) in [6.45, 7) is 8.99. The Morgan fingerprint density at radius 2 is 1.89 bits per heavy atom. The van der Waals surface area contributed by atoms with Crippen molar-refractivity contribution >= 4 is 11.8 Å². The highest BCUT2D eigenvalue weighted by Crippen LogP contribution is 2.37. The molecule has 1 saturated heterocycles. The largest absolute Gasteiger partial charge is 0.342 e. The number of nitrogens with one attached hydrogen (secondary N) is 1. The van der Waals surface area contributed by atoms with Crippen LogP contribution in [0.1, 0.15) is 47.0 Å². The number of nitrogens with zero attached hydrogens (tertiary/aromatic N) is 1. The molecule has 1 aliphatic carbocycles. The first-order valence-electron chi connectivity index (χ1n) is 7.56. The van der Waals surface area contributed by atoms with Crippen molar-refractivity contribution in [3.8, 4) is 0 Å². The lowest BCUT2D eigenvalue weighted by atomic mass is 9.92. The highest BCUT2D eigenvalue weighted by atomic mass is 16.2. The molecule has 4 nitrogen and oxygen atoms in total. The summed E-state index contributed by atoms with van der Waals surface area (Å²) in [5.41, 5.74) is 0. The summed E-state index contributed by atoms with van der Waals surface area (Å²) in [6, 6.07) is -0.540. The molecule has 1 N–H and O–H groups in total. The molecule has 108 valence electrons. The van der Waals surface area contributed by atoms with E-state index >= 15 is 0 Å². The molecule has 1 saturated carbocycles. The van der Waals surface area contributed by atoms with Crippen molar-refractivity contribution in [2.24, 2.45) is 17.8 Å². The summed E-state index contributed by atoms with van der Waals surface area (Å²) in [4.78, 5) is 26.9. The van der Waals surface area contributed by atoms with Crippen molar-refractivity contribution in [3.63, 3.8) is 0 Å². The maximum absolute atomic E-state index is 12.7. The zero-order valence-corrected chi connectivity index (χ0v) is 12.5. The molecule has 19 heavy (non-hydrogen) atoms. The van der Waals surface area contributed by atoms with Crippen LogP contribution in [0.3, 0.4) is 0 Å². The second kappa shape index (κ2) is 5.51. The topological polar surface area (TPSA) is 49.4 Å². The molecule has 2 rings (SSSR count). The Morgan fingerprint density at radius 3 is 2.37 bits per heavy atom. The standard InChI is InChI=1S/C15H26N2O2/c1-5-10(4)12-15(19)17(8-9(2)3)13(11-6-7-11)14(18)16-12/h9-13H,5-8H2,1-4H3,(H,16,18). The van der Waals surface area contributed by atoms with Gasteiger partial charge in [0.15, 0.2) is 0 Å². The molecule has 2 fully saturated rings. The Hall–Kier alpha value is -1.06. The summed E-state index contributed by atoms with van der Waals surface area (Å²) in [5.74, 6) is 1.17. The molecule has 2 amide bonds. The molecule has 0 aromatic heterocycles. The van der Waals surface area contributed by atoms with Gasteiger partial charge >= 0.3 is 0 Å². The zero-order chi connectivity index (χ0) is 14.2. The van der Waals surface area contributed by atoms with E-state index in [4.69, 9.17) is 0 Å². The van der Waals surface area contributed by atoms with Crippen molar-refractivity contribution in [3.05, 3.63) is 0 Å². The van der Waals surface area contributed by atoms with Crippen LogP contribution in [0.25, 0.3) is 0 Å². The average molecular weight is 266 g/mol. The molecule has 0 bridgehead atoms. The minimum absolute atomic E-state index is 0.0630. The molecule has 0 aromatic carbocycles. The van der Waals surface area contributed by atoms with Gasteiger partial charge in [0.05, 0.1) is 0 Å². The van der Waals surface area contributed by atoms with Crippen molar-refractivity contribution in [1.82, 2.24) is 10.2 Å². The average Bonchev–Trinajstić information content (AvgIpc) is 3.16. The highest BCUT2D eigenvalue weighted by molar-refractivity contribution is 5.97. The Balaban J connectivity index is 2.20. The van der Waals surface area contributed by atoms with Gasteiger partial charge in [0, 0.05) is 6.54 Å². The van der Waals surface area contributed by atoms with Crippen LogP contribution in [0.4, 0.5) is 0 Å². The minimum Gasteiger partial charge on any atom is -0.342 e. The smallest absolute Gasteiger partial charge is 0.246 e. The quantitative estimate of drug-likeness (QED) is 0.825. The predicted octanol–water partition coefficient (Wildman–Crippen LogP) is 1.79. The van der Waals surface area contributed by atoms with E-state index in [2.05, 4.69) is 26.1 Å². The maximum atomic E-state index is 12.7. The van der Waals surface area contributed by atoms with Crippen molar-refractivity contribution in [2.75, 3.05) is 6.54 Å². The van der Waals surface area contributed by atoms with E-state index in [1.165, 1.54) is 0 Å². The summed E-state index contributed by atoms with van der Waals surface area (Å²) in [6.07, 6.45) is 3.06. The summed E-state index contributed by atoms with van der Waals surface area (Å²) in [5, 5.41) is 2.96. The lowest BCUT2D eigenvalue weighted by Gasteiger charge is -2.41. The SMILES string of the molecule is CCC(C)C1NC(=O)C(C2CC2)N(CC(C)C)C1=O. The molecular formula is C15H26N2O2. The van der Waals surface area contributed by atoms with Crippen LogP contribution in [0.2, 0.25) is 0 Å². The molecular weight excluding hydrogens is 240 g/mol. The normalized spacial score (nSPS) is 29.6. The van der Waals surface area contributed by atoms with Crippen molar-refractivity contribution in [2.45, 2.75) is 59.0 Å². The number of amides is 2. The Kier molecular flexibility index (Phi) is 4.16. The van der Waals surface area contributed by atoms with Gasteiger partial charge in [-0.1, -0.05) is 34.1 Å². The molecule has 4 heteroatoms. The molecule has 2 aliphatic rings. The second-order valence-electron chi connectivity index (χ2n) is 6.54. The molecule has 0 aromatic rings. The third-order valence-electron chi connectivity index (χ3n) is 4.29. The fraction of sp³-hybridized carbons (Fsp3) is 0.867. The molecule has 0 radical (unpaired) electrons. The van der Waals surface area contributed by atoms with E-state index < -0.39 is 0 Å². The number of rotatable bonds is 5. The Bertz CT molecular complexity index is 363. The fourth-order valence-corrected chi connectivity index (χ4v) is 2.86. The van der Waals surface area contributed by atoms with Gasteiger partial charge in [-0.25, -0.2) is 0 Å². The lowest BCUT2D eigenvalue weighted by molar-refractivity contribution is -0.152. The van der Waals surface area contributed by atoms with E-state index in [9.17, 15) is 9.59 Å². The number of carbonyl (C=O) groups excluding carboxylic acids is 2. The van der Waals surface area contributed by atoms with Gasteiger partial charge < -0.3 is 10.2 Å². The summed E-state index contributed by atoms with van der Waals surface area (Å²) in [7, 11) is 0. The molecule has 3 atom stereocenters. The van der Waals surface area contributed by atoms with Crippen LogP contribution >= 0.6 is 0 Å². The predicted molar refractivity (Wildman–Crippen MR) is 74.4 cm³/mol. The van der Waals surface area contributed by atoms with Crippen molar-refractivity contribution in [1.29, 1.82) is 0 Å². The van der Waals surface area contributed by atoms with Gasteiger partial charge in [-0.2, -0.15) is 0 Å². The monoisotopic (exact) mass is 266 g/mol. The van der Waals surface area contributed by atoms with E-state index in [1.54, 1.807) is 0 Å². The van der Waals surface area contributed by atoms with Crippen LogP contribution in [-0.4, -0.2) is 35.3 Å². The van der Waals surface area contributed by atoms with Crippen molar-refractivity contribution < 1.29 is 9.59 Å². The van der Waals surface area contributed by atoms with E-state index in [1.807, 2.05) is 11.8 Å². The lowest BCUT2D eigenvalue weighted by Crippen LogP contribution is -2.66. The van der Waals surface area contributed by atoms with Crippen LogP contribution < -0.4 is 5.32 Å². The van der Waals surface area contributed by atoms with Gasteiger partial charge in [0.2, 0.25) is 11.8 Å². The van der Waals surface area contributed by atoms with Crippen LogP contribution in [-0.2, 0) is 9.59 Å². The summed E-state index contributed by atoms with van der Waals surface area (Å²) >= 11 is 0. The van der Waals surface area contributed by atoms with Crippen LogP contribution in [0, 0.1) is 17.8 Å². The van der Waals surface area contributed by atoms with E-state index in [0.29, 0.717) is 18.4 Å². The van der Waals surface area contributed by atoms with Gasteiger partial charge in [-0.05, 0) is 30.6 Å².